The molecule has 0 aromatic heterocycles. The lowest BCUT2D eigenvalue weighted by atomic mass is 9.94. The van der Waals surface area contributed by atoms with Gasteiger partial charge in [0, 0.05) is 12.5 Å². The van der Waals surface area contributed by atoms with E-state index in [-0.39, 0.29) is 23.0 Å². The van der Waals surface area contributed by atoms with Crippen LogP contribution in [0.25, 0.3) is 0 Å². The molecule has 0 bridgehead atoms. The molecule has 3 unspecified atom stereocenters. The summed E-state index contributed by atoms with van der Waals surface area (Å²) in [6, 6.07) is 0. The fourth-order valence-electron chi connectivity index (χ4n) is 4.26. The maximum absolute atomic E-state index is 12.8. The van der Waals surface area contributed by atoms with Gasteiger partial charge in [-0.05, 0) is 77.2 Å². The van der Waals surface area contributed by atoms with Gasteiger partial charge in [0.2, 0.25) is 0 Å². The van der Waals surface area contributed by atoms with E-state index in [1.165, 1.54) is 19.3 Å². The highest BCUT2D eigenvalue weighted by molar-refractivity contribution is 6.74. The van der Waals surface area contributed by atoms with Crippen molar-refractivity contribution >= 4 is 14.3 Å². The number of hydrogen-bond donors (Lipinski definition) is 1. The summed E-state index contributed by atoms with van der Waals surface area (Å²) >= 11 is 0. The highest BCUT2D eigenvalue weighted by atomic mass is 28.4. The molecule has 0 aromatic rings. The Labute approximate surface area is 282 Å². The van der Waals surface area contributed by atoms with Crippen LogP contribution >= 0.6 is 0 Å². The molecule has 0 saturated carbocycles. The highest BCUT2D eigenvalue weighted by Gasteiger charge is 2.41. The molecule has 0 spiro atoms. The van der Waals surface area contributed by atoms with Crippen LogP contribution in [0.4, 0.5) is 0 Å². The van der Waals surface area contributed by atoms with Gasteiger partial charge in [0.25, 0.3) is 0 Å². The lowest BCUT2D eigenvalue weighted by Crippen LogP contribution is -2.47. The van der Waals surface area contributed by atoms with E-state index in [2.05, 4.69) is 52.9 Å². The molecule has 8 heteroatoms. The topological polar surface area (TPSA) is 83.5 Å². The van der Waals surface area contributed by atoms with E-state index in [4.69, 9.17) is 23.4 Å². The number of aliphatic hydroxyl groups excluding tert-OH is 1. The minimum atomic E-state index is -2.11. The number of esters is 1. The molecule has 6 atom stereocenters. The molecule has 0 saturated heterocycles. The first-order chi connectivity index (χ1) is 21.5. The van der Waals surface area contributed by atoms with Gasteiger partial charge in [-0.25, -0.2) is 0 Å². The van der Waals surface area contributed by atoms with Crippen molar-refractivity contribution in [3.63, 3.8) is 0 Å². The number of carbonyl (C=O) groups excluding carboxylic acids is 1. The molecule has 0 aromatic carbocycles. The van der Waals surface area contributed by atoms with Gasteiger partial charge in [0.15, 0.2) is 14.6 Å². The summed E-state index contributed by atoms with van der Waals surface area (Å²) in [5, 5.41) is 11.0. The molecule has 0 radical (unpaired) electrons. The van der Waals surface area contributed by atoms with E-state index in [0.29, 0.717) is 26.2 Å². The number of carbonyl (C=O) groups is 1. The third kappa shape index (κ3) is 16.3. The van der Waals surface area contributed by atoms with Crippen molar-refractivity contribution in [1.29, 1.82) is 0 Å². The molecule has 46 heavy (non-hydrogen) atoms. The molecule has 1 N–H and O–H groups in total. The van der Waals surface area contributed by atoms with E-state index >= 15 is 0 Å². The van der Waals surface area contributed by atoms with E-state index in [1.54, 1.807) is 6.08 Å². The number of rotatable bonds is 20. The molecule has 1 rings (SSSR count). The molecule has 1 aliphatic rings. The van der Waals surface area contributed by atoms with E-state index in [1.807, 2.05) is 77.2 Å². The summed E-state index contributed by atoms with van der Waals surface area (Å²) in [7, 11) is -2.11. The quantitative estimate of drug-likeness (QED) is 0.0458. The highest BCUT2D eigenvalue weighted by Crippen LogP contribution is 2.38. The van der Waals surface area contributed by atoms with Crippen LogP contribution in [0.5, 0.6) is 0 Å². The Morgan fingerprint density at radius 2 is 1.67 bits per heavy atom. The van der Waals surface area contributed by atoms with Crippen LogP contribution in [0.2, 0.25) is 18.1 Å². The van der Waals surface area contributed by atoms with Crippen molar-refractivity contribution in [1.82, 2.24) is 0 Å². The van der Waals surface area contributed by atoms with Crippen LogP contribution in [-0.4, -0.2) is 69.9 Å². The summed E-state index contributed by atoms with van der Waals surface area (Å²) in [6.07, 6.45) is 22.2. The predicted molar refractivity (Wildman–Crippen MR) is 192 cm³/mol. The maximum Gasteiger partial charge on any atom is 0.311 e. The van der Waals surface area contributed by atoms with Crippen LogP contribution in [0, 0.1) is 11.3 Å². The zero-order chi connectivity index (χ0) is 34.8. The monoisotopic (exact) mass is 662 g/mol. The summed E-state index contributed by atoms with van der Waals surface area (Å²) in [6.45, 7) is 24.1. The number of allylic oxidation sites excluding steroid dienone is 5. The third-order valence-corrected chi connectivity index (χ3v) is 12.9. The summed E-state index contributed by atoms with van der Waals surface area (Å²) in [5.74, 6) is -0.480. The van der Waals surface area contributed by atoms with E-state index < -0.39 is 38.3 Å². The normalized spacial score (nSPS) is 22.0. The van der Waals surface area contributed by atoms with Gasteiger partial charge < -0.3 is 28.5 Å². The summed E-state index contributed by atoms with van der Waals surface area (Å²) < 4.78 is 30.5. The molecule has 264 valence electrons. The molecular weight excluding hydrogens is 596 g/mol. The van der Waals surface area contributed by atoms with Crippen LogP contribution in [0.3, 0.4) is 0 Å². The predicted octanol–water partition coefficient (Wildman–Crippen LogP) is 8.86. The Bertz CT molecular complexity index is 1000. The first-order valence-corrected chi connectivity index (χ1v) is 20.2. The van der Waals surface area contributed by atoms with Gasteiger partial charge in [-0.15, -0.1) is 0 Å². The molecule has 1 aliphatic heterocycles. The second-order valence-electron chi connectivity index (χ2n) is 14.7. The van der Waals surface area contributed by atoms with Crippen molar-refractivity contribution in [2.75, 3.05) is 19.8 Å². The van der Waals surface area contributed by atoms with Gasteiger partial charge >= 0.3 is 5.97 Å². The number of aliphatic hydroxyl groups is 1. The molecule has 0 fully saturated rings. The first-order valence-electron chi connectivity index (χ1n) is 17.3. The lowest BCUT2D eigenvalue weighted by Gasteiger charge is -2.40. The fourth-order valence-corrected chi connectivity index (χ4v) is 5.32. The number of hydrogen-bond acceptors (Lipinski definition) is 7. The van der Waals surface area contributed by atoms with Crippen LogP contribution < -0.4 is 0 Å². The number of unbranched alkanes of at least 4 members (excludes halogenated alkanes) is 3. The van der Waals surface area contributed by atoms with Gasteiger partial charge in [0.05, 0.1) is 30.8 Å². The summed E-state index contributed by atoms with van der Waals surface area (Å²) in [4.78, 5) is 12.8. The second kappa shape index (κ2) is 21.2. The fraction of sp³-hybridized carbons (Fsp3) is 0.711. The van der Waals surface area contributed by atoms with Crippen molar-refractivity contribution in [2.24, 2.45) is 11.3 Å². The minimum Gasteiger partial charge on any atom is -0.455 e. The smallest absolute Gasteiger partial charge is 0.311 e. The van der Waals surface area contributed by atoms with Crippen LogP contribution in [-0.2, 0) is 28.2 Å². The summed E-state index contributed by atoms with van der Waals surface area (Å²) in [5.41, 5.74) is -0.644. The van der Waals surface area contributed by atoms with E-state index in [9.17, 15) is 9.90 Å². The zero-order valence-electron chi connectivity index (χ0n) is 30.8. The average molecular weight is 663 g/mol. The van der Waals surface area contributed by atoms with Crippen molar-refractivity contribution < 1.29 is 33.3 Å². The standard InChI is InChI=1S/C38H66O7Si/c1-12-14-15-16-17-18-19-20-21-23-31(39)30(3)32(42-29-28-41-13-2)24-22-25-33-34(44-36(40)37(4,5)6)26-27-35(43-33)45-46(10,11)38(7,8)9/h17-23,25-27,30-35,39H,12-16,24,28-29H2,1-11H3/b18-17+,20-19+,23-21+,25-22+/t30-,31-,32-,33?,34?,35?/m0/s1. The Hall–Kier alpha value is -1.81. The van der Waals surface area contributed by atoms with Gasteiger partial charge in [0.1, 0.15) is 12.2 Å². The average Bonchev–Trinajstić information content (AvgIpc) is 2.96. The van der Waals surface area contributed by atoms with Crippen LogP contribution in [0.1, 0.15) is 94.4 Å². The Kier molecular flexibility index (Phi) is 19.5. The van der Waals surface area contributed by atoms with Gasteiger partial charge in [-0.2, -0.15) is 0 Å². The third-order valence-electron chi connectivity index (χ3n) is 8.48. The molecule has 7 nitrogen and oxygen atoms in total. The molecule has 0 amide bonds. The maximum atomic E-state index is 12.8. The Balaban J connectivity index is 3.05. The second-order valence-corrected chi connectivity index (χ2v) is 19.4. The molecular formula is C38H66O7Si. The number of ether oxygens (including phenoxy) is 4. The van der Waals surface area contributed by atoms with E-state index in [0.717, 1.165) is 6.42 Å². The molecule has 1 heterocycles. The van der Waals surface area contributed by atoms with Crippen molar-refractivity contribution in [3.05, 3.63) is 60.8 Å². The minimum absolute atomic E-state index is 0.0172. The van der Waals surface area contributed by atoms with Gasteiger partial charge in [-0.1, -0.05) is 96.1 Å². The largest absolute Gasteiger partial charge is 0.455 e. The Morgan fingerprint density at radius 1 is 0.978 bits per heavy atom. The van der Waals surface area contributed by atoms with Crippen molar-refractivity contribution in [3.8, 4) is 0 Å². The zero-order valence-corrected chi connectivity index (χ0v) is 31.8. The lowest BCUT2D eigenvalue weighted by molar-refractivity contribution is -0.171. The first kappa shape index (κ1) is 42.2. The Morgan fingerprint density at radius 3 is 2.30 bits per heavy atom. The van der Waals surface area contributed by atoms with Gasteiger partial charge in [-0.3, -0.25) is 4.79 Å². The van der Waals surface area contributed by atoms with Crippen molar-refractivity contribution in [2.45, 2.75) is 143 Å². The molecule has 0 aliphatic carbocycles. The van der Waals surface area contributed by atoms with Crippen LogP contribution in [0.15, 0.2) is 60.8 Å². The SMILES string of the molecule is CCCCC/C=C/C=C/C=C/[C@H](O)[C@H](C)[C@H](C/C=C/C1OC(O[Si](C)(C)C(C)(C)C)C=CC1OC(=O)C(C)(C)C)OCCOCC.